The van der Waals surface area contributed by atoms with E-state index in [-0.39, 0.29) is 31.1 Å². The van der Waals surface area contributed by atoms with Crippen LogP contribution in [0.1, 0.15) is 28.6 Å². The van der Waals surface area contributed by atoms with Gasteiger partial charge < -0.3 is 30.5 Å². The van der Waals surface area contributed by atoms with Gasteiger partial charge in [-0.05, 0) is 42.5 Å². The van der Waals surface area contributed by atoms with Crippen molar-refractivity contribution < 1.29 is 24.2 Å². The van der Waals surface area contributed by atoms with E-state index in [1.165, 1.54) is 22.6 Å². The van der Waals surface area contributed by atoms with Crippen molar-refractivity contribution >= 4 is 56.0 Å². The maximum absolute atomic E-state index is 13.1. The first-order valence-corrected chi connectivity index (χ1v) is 13.5. The van der Waals surface area contributed by atoms with E-state index in [0.717, 1.165) is 16.5 Å². The molecule has 0 spiro atoms. The minimum Gasteiger partial charge on any atom is -0.465 e. The average molecular weight is 558 g/mol. The van der Waals surface area contributed by atoms with Gasteiger partial charge in [-0.3, -0.25) is 4.79 Å². The fraction of sp³-hybridized carbons (Fsp3) is 0.222. The van der Waals surface area contributed by atoms with Gasteiger partial charge in [-0.2, -0.15) is 5.10 Å². The van der Waals surface area contributed by atoms with E-state index >= 15 is 0 Å². The Morgan fingerprint density at radius 1 is 1.12 bits per heavy atom. The zero-order chi connectivity index (χ0) is 27.4. The summed E-state index contributed by atoms with van der Waals surface area (Å²) in [5, 5.41) is 18.9. The van der Waals surface area contributed by atoms with Crippen LogP contribution in [-0.2, 0) is 0 Å². The van der Waals surface area contributed by atoms with Gasteiger partial charge >= 0.3 is 6.09 Å². The van der Waals surface area contributed by atoms with Gasteiger partial charge in [-0.1, -0.05) is 18.2 Å². The Kier molecular flexibility index (Phi) is 5.66. The lowest BCUT2D eigenvalue weighted by Crippen LogP contribution is -2.40. The lowest BCUT2D eigenvalue weighted by molar-refractivity contribution is 0.102. The van der Waals surface area contributed by atoms with Crippen LogP contribution in [0, 0.1) is 0 Å². The van der Waals surface area contributed by atoms with Gasteiger partial charge in [0.25, 0.3) is 5.91 Å². The molecular formula is C27H23N7O5S. The van der Waals surface area contributed by atoms with E-state index in [0.29, 0.717) is 57.3 Å². The number of nitrogens with two attached hydrogens (primary N) is 1. The molecule has 2 aromatic carbocycles. The Morgan fingerprint density at radius 2 is 1.98 bits per heavy atom. The van der Waals surface area contributed by atoms with E-state index in [1.807, 2.05) is 30.3 Å². The zero-order valence-electron chi connectivity index (χ0n) is 21.0. The Hall–Kier alpha value is -4.91. The molecule has 2 aliphatic rings. The molecule has 3 aromatic heterocycles. The van der Waals surface area contributed by atoms with E-state index in [4.69, 9.17) is 20.3 Å². The molecule has 5 aromatic rings. The van der Waals surface area contributed by atoms with Crippen LogP contribution < -0.4 is 20.5 Å². The van der Waals surface area contributed by atoms with Crippen LogP contribution in [0.4, 0.5) is 16.3 Å². The van der Waals surface area contributed by atoms with Crippen molar-refractivity contribution in [1.29, 1.82) is 0 Å². The van der Waals surface area contributed by atoms with Gasteiger partial charge in [0.15, 0.2) is 17.1 Å². The van der Waals surface area contributed by atoms with Crippen LogP contribution in [-0.4, -0.2) is 61.6 Å². The number of hydrogen-bond acceptors (Lipinski definition) is 9. The first-order valence-electron chi connectivity index (χ1n) is 12.7. The number of ether oxygens (including phenoxy) is 2. The molecule has 2 amide bonds. The third-order valence-electron chi connectivity index (χ3n) is 7.20. The van der Waals surface area contributed by atoms with Crippen molar-refractivity contribution in [2.75, 3.05) is 30.9 Å². The number of amides is 2. The second-order valence-corrected chi connectivity index (χ2v) is 10.7. The summed E-state index contributed by atoms with van der Waals surface area (Å²) in [6.45, 7) is 0.733. The maximum Gasteiger partial charge on any atom is 0.407 e. The molecule has 2 aliphatic heterocycles. The third-order valence-corrected chi connectivity index (χ3v) is 8.32. The Bertz CT molecular complexity index is 1780. The molecular weight excluding hydrogens is 534 g/mol. The summed E-state index contributed by atoms with van der Waals surface area (Å²) in [7, 11) is 0. The highest BCUT2D eigenvalue weighted by Crippen LogP contribution is 2.48. The highest BCUT2D eigenvalue weighted by Gasteiger charge is 2.31. The van der Waals surface area contributed by atoms with E-state index < -0.39 is 6.09 Å². The molecule has 1 atom stereocenters. The quantitative estimate of drug-likeness (QED) is 0.287. The number of carbonyl (C=O) groups excluding carboxylic acids is 1. The topological polar surface area (TPSA) is 158 Å². The standard InChI is InChI=1S/C27H23N7O5S/c28-24-20-21(32-34(25(20)30-12-29-24)15-5-3-9-33(11-15)27(36)37)16-7-8-17(23-22(16)38-13-39-23)31-26(35)19-10-14-4-1-2-6-18(14)40-19/h1-2,4,6-8,10,12,15H,3,5,9,11,13H2,(H,31,35)(H,36,37)(H2,28,29,30). The van der Waals surface area contributed by atoms with Crippen LogP contribution in [0.2, 0.25) is 0 Å². The minimum absolute atomic E-state index is 0.0288. The number of nitrogens with zero attached hydrogens (tertiary/aromatic N) is 5. The van der Waals surface area contributed by atoms with Gasteiger partial charge in [0.05, 0.1) is 22.0 Å². The number of hydrogen-bond donors (Lipinski definition) is 3. The lowest BCUT2D eigenvalue weighted by atomic mass is 10.1. The van der Waals surface area contributed by atoms with Crippen molar-refractivity contribution in [1.82, 2.24) is 24.6 Å². The summed E-state index contributed by atoms with van der Waals surface area (Å²) in [4.78, 5) is 35.3. The first-order chi connectivity index (χ1) is 19.5. The summed E-state index contributed by atoms with van der Waals surface area (Å²) in [5.41, 5.74) is 8.38. The Labute approximate surface area is 230 Å². The highest BCUT2D eigenvalue weighted by atomic mass is 32.1. The molecule has 12 nitrogen and oxygen atoms in total. The van der Waals surface area contributed by atoms with E-state index in [1.54, 1.807) is 16.8 Å². The number of benzene rings is 2. The van der Waals surface area contributed by atoms with Crippen molar-refractivity contribution in [3.8, 4) is 22.8 Å². The van der Waals surface area contributed by atoms with Crippen LogP contribution in [0.5, 0.6) is 11.5 Å². The molecule has 0 aliphatic carbocycles. The van der Waals surface area contributed by atoms with Gasteiger partial charge in [0.2, 0.25) is 6.79 Å². The van der Waals surface area contributed by atoms with Crippen molar-refractivity contribution in [3.05, 3.63) is 53.7 Å². The highest BCUT2D eigenvalue weighted by molar-refractivity contribution is 7.20. The smallest absolute Gasteiger partial charge is 0.407 e. The monoisotopic (exact) mass is 557 g/mol. The number of fused-ring (bicyclic) bond motifs is 3. The molecule has 0 bridgehead atoms. The minimum atomic E-state index is -0.966. The van der Waals surface area contributed by atoms with Crippen molar-refractivity contribution in [2.24, 2.45) is 0 Å². The largest absolute Gasteiger partial charge is 0.465 e. The van der Waals surface area contributed by atoms with Gasteiger partial charge in [-0.25, -0.2) is 19.4 Å². The third kappa shape index (κ3) is 3.93. The summed E-state index contributed by atoms with van der Waals surface area (Å²) >= 11 is 1.41. The number of rotatable bonds is 4. The number of carbonyl (C=O) groups is 2. The van der Waals surface area contributed by atoms with E-state index in [9.17, 15) is 14.7 Å². The number of thiophene rings is 1. The number of aromatic nitrogens is 4. The van der Waals surface area contributed by atoms with Crippen LogP contribution >= 0.6 is 11.3 Å². The molecule has 1 fully saturated rings. The van der Waals surface area contributed by atoms with Gasteiger partial charge in [0.1, 0.15) is 17.8 Å². The molecule has 4 N–H and O–H groups in total. The fourth-order valence-electron chi connectivity index (χ4n) is 5.33. The van der Waals surface area contributed by atoms with E-state index in [2.05, 4.69) is 15.3 Å². The molecule has 0 radical (unpaired) electrons. The first kappa shape index (κ1) is 24.2. The number of piperidine rings is 1. The molecule has 0 saturated carbocycles. The lowest BCUT2D eigenvalue weighted by Gasteiger charge is -2.30. The Balaban J connectivity index is 1.27. The summed E-state index contributed by atoms with van der Waals surface area (Å²) < 4.78 is 14.4. The molecule has 1 saturated heterocycles. The number of nitrogen functional groups attached to an aromatic ring is 1. The molecule has 13 heteroatoms. The zero-order valence-corrected chi connectivity index (χ0v) is 21.9. The second kappa shape index (κ2) is 9.38. The van der Waals surface area contributed by atoms with Gasteiger partial charge in [0, 0.05) is 23.4 Å². The summed E-state index contributed by atoms with van der Waals surface area (Å²) in [6, 6.07) is 13.0. The average Bonchev–Trinajstić information content (AvgIpc) is 3.71. The molecule has 1 unspecified atom stereocenters. The Morgan fingerprint density at radius 3 is 2.83 bits per heavy atom. The normalized spacial score (nSPS) is 16.5. The second-order valence-electron chi connectivity index (χ2n) is 9.60. The van der Waals surface area contributed by atoms with Crippen molar-refractivity contribution in [2.45, 2.75) is 18.9 Å². The van der Waals surface area contributed by atoms with Crippen LogP contribution in [0.3, 0.4) is 0 Å². The fourth-order valence-corrected chi connectivity index (χ4v) is 6.28. The molecule has 7 rings (SSSR count). The molecule has 5 heterocycles. The molecule has 40 heavy (non-hydrogen) atoms. The maximum atomic E-state index is 13.1. The molecule has 202 valence electrons. The number of nitrogens with one attached hydrogen (secondary N) is 1. The van der Waals surface area contributed by atoms with Crippen molar-refractivity contribution in [3.63, 3.8) is 0 Å². The van der Waals surface area contributed by atoms with Gasteiger partial charge in [-0.15, -0.1) is 11.3 Å². The van der Waals surface area contributed by atoms with Crippen LogP contribution in [0.15, 0.2) is 48.8 Å². The summed E-state index contributed by atoms with van der Waals surface area (Å²) in [5.74, 6) is 0.797. The van der Waals surface area contributed by atoms with Crippen LogP contribution in [0.25, 0.3) is 32.4 Å². The predicted octanol–water partition coefficient (Wildman–Crippen LogP) is 4.59. The number of carboxylic acid groups (broad SMARTS) is 1. The SMILES string of the molecule is Nc1ncnc2c1c(-c1ccc(NC(=O)c3cc4ccccc4s3)c3c1OCO3)nn2C1CCCN(C(=O)O)C1. The predicted molar refractivity (Wildman–Crippen MR) is 149 cm³/mol. The summed E-state index contributed by atoms with van der Waals surface area (Å²) in [6.07, 6.45) is 1.85. The number of likely N-dealkylation sites (tertiary alicyclic amines) is 1. The number of anilines is 2.